The maximum Gasteiger partial charge on any atom is 0.221 e. The maximum atomic E-state index is 11.3. The largest absolute Gasteiger partial charge is 0.340 e. The molecule has 0 spiro atoms. The number of fused-ring (bicyclic) bond motifs is 1. The summed E-state index contributed by atoms with van der Waals surface area (Å²) in [5.41, 5.74) is 4.12. The van der Waals surface area contributed by atoms with Gasteiger partial charge in [-0.3, -0.25) is 4.79 Å². The molecular formula is C20H16ClN5O. The van der Waals surface area contributed by atoms with Gasteiger partial charge in [-0.2, -0.15) is 0 Å². The monoisotopic (exact) mass is 377 g/mol. The zero-order valence-corrected chi connectivity index (χ0v) is 15.2. The zero-order chi connectivity index (χ0) is 18.8. The van der Waals surface area contributed by atoms with Crippen molar-refractivity contribution in [1.29, 1.82) is 0 Å². The SMILES string of the molecule is CC(=O)Nc1cccc(-c2cc3c(Nc4cccc(Cl)c4)ncnc3[nH]2)c1. The predicted molar refractivity (Wildman–Crippen MR) is 108 cm³/mol. The van der Waals surface area contributed by atoms with Crippen molar-refractivity contribution in [2.24, 2.45) is 0 Å². The zero-order valence-electron chi connectivity index (χ0n) is 14.5. The van der Waals surface area contributed by atoms with Crippen LogP contribution in [0.15, 0.2) is 60.9 Å². The predicted octanol–water partition coefficient (Wildman–Crippen LogP) is 4.98. The molecule has 1 amide bonds. The highest BCUT2D eigenvalue weighted by Crippen LogP contribution is 2.30. The van der Waals surface area contributed by atoms with Crippen LogP contribution in [0.1, 0.15) is 6.92 Å². The van der Waals surface area contributed by atoms with E-state index in [1.165, 1.54) is 13.3 Å². The first-order valence-electron chi connectivity index (χ1n) is 8.33. The standard InChI is InChI=1S/C20H16ClN5O/c1-12(27)24-15-6-2-4-13(8-15)18-10-17-19(22-11-23-20(17)26-18)25-16-7-3-5-14(21)9-16/h2-11H,1H3,(H,24,27)(H2,22,23,25,26). The number of H-pyrrole nitrogens is 1. The minimum absolute atomic E-state index is 0.109. The molecule has 0 saturated carbocycles. The quantitative estimate of drug-likeness (QED) is 0.468. The summed E-state index contributed by atoms with van der Waals surface area (Å²) in [5, 5.41) is 7.58. The number of aromatic nitrogens is 3. The van der Waals surface area contributed by atoms with Gasteiger partial charge in [-0.05, 0) is 36.4 Å². The molecule has 6 nitrogen and oxygen atoms in total. The highest BCUT2D eigenvalue weighted by molar-refractivity contribution is 6.30. The van der Waals surface area contributed by atoms with Crippen molar-refractivity contribution >= 4 is 45.7 Å². The van der Waals surface area contributed by atoms with Crippen molar-refractivity contribution in [2.45, 2.75) is 6.92 Å². The van der Waals surface area contributed by atoms with Gasteiger partial charge in [0.2, 0.25) is 5.91 Å². The first-order chi connectivity index (χ1) is 13.1. The van der Waals surface area contributed by atoms with Gasteiger partial charge >= 0.3 is 0 Å². The fourth-order valence-electron chi connectivity index (χ4n) is 2.87. The van der Waals surface area contributed by atoms with Gasteiger partial charge in [0, 0.05) is 34.6 Å². The summed E-state index contributed by atoms with van der Waals surface area (Å²) in [6.07, 6.45) is 1.50. The van der Waals surface area contributed by atoms with Gasteiger partial charge in [-0.1, -0.05) is 29.8 Å². The van der Waals surface area contributed by atoms with Crippen LogP contribution in [0, 0.1) is 0 Å². The molecule has 2 aromatic carbocycles. The van der Waals surface area contributed by atoms with Gasteiger partial charge in [0.25, 0.3) is 0 Å². The second-order valence-electron chi connectivity index (χ2n) is 6.06. The summed E-state index contributed by atoms with van der Waals surface area (Å²) >= 11 is 6.06. The van der Waals surface area contributed by atoms with Gasteiger partial charge in [-0.15, -0.1) is 0 Å². The molecule has 3 N–H and O–H groups in total. The highest BCUT2D eigenvalue weighted by Gasteiger charge is 2.10. The Kier molecular flexibility index (Phi) is 4.48. The molecule has 0 aliphatic carbocycles. The lowest BCUT2D eigenvalue weighted by atomic mass is 10.1. The van der Waals surface area contributed by atoms with Crippen molar-refractivity contribution < 1.29 is 4.79 Å². The molecule has 134 valence electrons. The summed E-state index contributed by atoms with van der Waals surface area (Å²) in [6.45, 7) is 1.49. The Hall–Kier alpha value is -3.38. The topological polar surface area (TPSA) is 82.7 Å². The Labute approximate surface area is 160 Å². The van der Waals surface area contributed by atoms with Crippen molar-refractivity contribution in [3.05, 3.63) is 65.9 Å². The molecule has 0 radical (unpaired) electrons. The lowest BCUT2D eigenvalue weighted by Gasteiger charge is -2.06. The number of nitrogens with zero attached hydrogens (tertiary/aromatic N) is 2. The second-order valence-corrected chi connectivity index (χ2v) is 6.50. The van der Waals surface area contributed by atoms with E-state index < -0.39 is 0 Å². The van der Waals surface area contributed by atoms with Crippen LogP contribution in [0.4, 0.5) is 17.2 Å². The van der Waals surface area contributed by atoms with Crippen LogP contribution in [0.5, 0.6) is 0 Å². The number of benzene rings is 2. The molecule has 0 fully saturated rings. The van der Waals surface area contributed by atoms with Gasteiger partial charge < -0.3 is 15.6 Å². The first-order valence-corrected chi connectivity index (χ1v) is 8.70. The van der Waals surface area contributed by atoms with Gasteiger partial charge in [0.15, 0.2) is 0 Å². The number of anilines is 3. The smallest absolute Gasteiger partial charge is 0.221 e. The van der Waals surface area contributed by atoms with Gasteiger partial charge in [-0.25, -0.2) is 9.97 Å². The molecule has 4 rings (SSSR count). The van der Waals surface area contributed by atoms with Gasteiger partial charge in [0.05, 0.1) is 5.39 Å². The molecule has 4 aromatic rings. The minimum Gasteiger partial charge on any atom is -0.340 e. The average Bonchev–Trinajstić information content (AvgIpc) is 3.07. The van der Waals surface area contributed by atoms with Crippen LogP contribution in [0.25, 0.3) is 22.3 Å². The van der Waals surface area contributed by atoms with Gasteiger partial charge in [0.1, 0.15) is 17.8 Å². The molecule has 27 heavy (non-hydrogen) atoms. The normalized spacial score (nSPS) is 10.7. The van der Waals surface area contributed by atoms with Crippen molar-refractivity contribution in [2.75, 3.05) is 10.6 Å². The average molecular weight is 378 g/mol. The summed E-state index contributed by atoms with van der Waals surface area (Å²) in [7, 11) is 0. The van der Waals surface area contributed by atoms with E-state index in [0.29, 0.717) is 10.8 Å². The van der Waals surface area contributed by atoms with Crippen LogP contribution >= 0.6 is 11.6 Å². The molecule has 0 bridgehead atoms. The van der Waals surface area contributed by atoms with E-state index in [-0.39, 0.29) is 5.91 Å². The number of rotatable bonds is 4. The fourth-order valence-corrected chi connectivity index (χ4v) is 3.06. The van der Waals surface area contributed by atoms with E-state index in [0.717, 1.165) is 33.7 Å². The number of hydrogen-bond acceptors (Lipinski definition) is 4. The van der Waals surface area contributed by atoms with Crippen LogP contribution in [-0.4, -0.2) is 20.9 Å². The number of carbonyl (C=O) groups is 1. The van der Waals surface area contributed by atoms with Crippen LogP contribution in [0.2, 0.25) is 5.02 Å². The lowest BCUT2D eigenvalue weighted by Crippen LogP contribution is -2.05. The number of carbonyl (C=O) groups excluding carboxylic acids is 1. The Morgan fingerprint density at radius 3 is 2.67 bits per heavy atom. The number of amides is 1. The molecule has 0 unspecified atom stereocenters. The Balaban J connectivity index is 1.72. The Bertz CT molecular complexity index is 1140. The van der Waals surface area contributed by atoms with Crippen molar-refractivity contribution in [1.82, 2.24) is 15.0 Å². The third kappa shape index (κ3) is 3.75. The molecular weight excluding hydrogens is 362 g/mol. The molecule has 0 atom stereocenters. The van der Waals surface area contributed by atoms with E-state index in [9.17, 15) is 4.79 Å². The molecule has 0 aliphatic rings. The second kappa shape index (κ2) is 7.09. The Morgan fingerprint density at radius 2 is 1.85 bits per heavy atom. The van der Waals surface area contributed by atoms with E-state index in [4.69, 9.17) is 11.6 Å². The molecule has 0 saturated heterocycles. The maximum absolute atomic E-state index is 11.3. The summed E-state index contributed by atoms with van der Waals surface area (Å²) in [6, 6.07) is 17.0. The molecule has 0 aliphatic heterocycles. The van der Waals surface area contributed by atoms with E-state index in [1.807, 2.05) is 54.6 Å². The summed E-state index contributed by atoms with van der Waals surface area (Å²) in [4.78, 5) is 23.3. The van der Waals surface area contributed by atoms with Crippen molar-refractivity contribution in [3.8, 4) is 11.3 Å². The fraction of sp³-hybridized carbons (Fsp3) is 0.0500. The van der Waals surface area contributed by atoms with E-state index in [2.05, 4.69) is 25.6 Å². The summed E-state index contributed by atoms with van der Waals surface area (Å²) in [5.74, 6) is 0.574. The lowest BCUT2D eigenvalue weighted by molar-refractivity contribution is -0.114. The number of hydrogen-bond donors (Lipinski definition) is 3. The third-order valence-corrected chi connectivity index (χ3v) is 4.24. The molecule has 7 heteroatoms. The molecule has 2 aromatic heterocycles. The highest BCUT2D eigenvalue weighted by atomic mass is 35.5. The first kappa shape index (κ1) is 17.1. The third-order valence-electron chi connectivity index (χ3n) is 4.01. The minimum atomic E-state index is -0.109. The number of nitrogens with one attached hydrogen (secondary N) is 3. The van der Waals surface area contributed by atoms with Crippen molar-refractivity contribution in [3.63, 3.8) is 0 Å². The van der Waals surface area contributed by atoms with E-state index >= 15 is 0 Å². The van der Waals surface area contributed by atoms with Crippen LogP contribution < -0.4 is 10.6 Å². The Morgan fingerprint density at radius 1 is 1.04 bits per heavy atom. The number of halogens is 1. The van der Waals surface area contributed by atoms with Crippen LogP contribution in [-0.2, 0) is 4.79 Å². The summed E-state index contributed by atoms with van der Waals surface area (Å²) < 4.78 is 0. The molecule has 2 heterocycles. The van der Waals surface area contributed by atoms with Crippen LogP contribution in [0.3, 0.4) is 0 Å². The van der Waals surface area contributed by atoms with E-state index in [1.54, 1.807) is 0 Å². The number of aromatic amines is 1.